The number of anilines is 1. The number of amides is 2. The zero-order valence-corrected chi connectivity index (χ0v) is 21.7. The van der Waals surface area contributed by atoms with E-state index in [2.05, 4.69) is 23.8 Å². The van der Waals surface area contributed by atoms with Crippen molar-refractivity contribution >= 4 is 39.8 Å². The minimum absolute atomic E-state index is 0.0647. The summed E-state index contributed by atoms with van der Waals surface area (Å²) >= 11 is 1.47. The van der Waals surface area contributed by atoms with Gasteiger partial charge in [-0.05, 0) is 29.1 Å². The van der Waals surface area contributed by atoms with Crippen LogP contribution < -0.4 is 4.90 Å². The van der Waals surface area contributed by atoms with E-state index < -0.39 is 11.5 Å². The molecule has 0 aliphatic carbocycles. The lowest BCUT2D eigenvalue weighted by atomic mass is 9.75. The number of thiazole rings is 1. The molecule has 2 amide bonds. The monoisotopic (exact) mass is 518 g/mol. The summed E-state index contributed by atoms with van der Waals surface area (Å²) < 4.78 is 18.7. The smallest absolute Gasteiger partial charge is 0.409 e. The summed E-state index contributed by atoms with van der Waals surface area (Å²) in [6.07, 6.45) is 4.21. The van der Waals surface area contributed by atoms with E-state index in [4.69, 9.17) is 4.74 Å². The molecule has 0 N–H and O–H groups in total. The van der Waals surface area contributed by atoms with Gasteiger partial charge >= 0.3 is 6.09 Å². The fourth-order valence-electron chi connectivity index (χ4n) is 5.04. The van der Waals surface area contributed by atoms with E-state index >= 15 is 0 Å². The number of halogens is 1. The second-order valence-electron chi connectivity index (χ2n) is 9.20. The Morgan fingerprint density at radius 1 is 1.16 bits per heavy atom. The fourth-order valence-corrected chi connectivity index (χ4v) is 5.74. The molecule has 9 heteroatoms. The highest BCUT2D eigenvalue weighted by molar-refractivity contribution is 7.13. The number of nitrogens with zero attached hydrogens (tertiary/aromatic N) is 4. The number of aromatic nitrogens is 2. The Hall–Kier alpha value is -3.85. The SMILES string of the molecule is CCC.COC(=O)N1CC2(C1)C(=O)N(Cc1ncc3cc(F)ccc3c1-c1cncs1)c1ccccc12. The van der Waals surface area contributed by atoms with E-state index in [1.165, 1.54) is 41.9 Å². The van der Waals surface area contributed by atoms with Crippen molar-refractivity contribution in [1.82, 2.24) is 14.9 Å². The van der Waals surface area contributed by atoms with Crippen LogP contribution in [0.15, 0.2) is 60.4 Å². The molecule has 0 bridgehead atoms. The molecule has 37 heavy (non-hydrogen) atoms. The molecule has 1 saturated heterocycles. The number of carbonyl (C=O) groups is 2. The number of ether oxygens (including phenoxy) is 1. The van der Waals surface area contributed by atoms with Crippen LogP contribution in [0, 0.1) is 5.82 Å². The third kappa shape index (κ3) is 4.13. The quantitative estimate of drug-likeness (QED) is 0.344. The highest BCUT2D eigenvalue weighted by atomic mass is 32.1. The van der Waals surface area contributed by atoms with Crippen molar-refractivity contribution in [2.45, 2.75) is 32.2 Å². The molecular weight excluding hydrogens is 491 g/mol. The van der Waals surface area contributed by atoms with Crippen LogP contribution >= 0.6 is 11.3 Å². The Morgan fingerprint density at radius 3 is 2.62 bits per heavy atom. The highest BCUT2D eigenvalue weighted by Crippen LogP contribution is 2.48. The number of hydrogen-bond acceptors (Lipinski definition) is 6. The summed E-state index contributed by atoms with van der Waals surface area (Å²) in [5.41, 5.74) is 4.22. The van der Waals surface area contributed by atoms with Crippen molar-refractivity contribution in [3.63, 3.8) is 0 Å². The number of benzene rings is 2. The first kappa shape index (κ1) is 24.8. The summed E-state index contributed by atoms with van der Waals surface area (Å²) in [7, 11) is 1.34. The second kappa shape index (κ2) is 9.89. The van der Waals surface area contributed by atoms with Crippen LogP contribution in [0.2, 0.25) is 0 Å². The predicted octanol–water partition coefficient (Wildman–Crippen LogP) is 5.78. The van der Waals surface area contributed by atoms with Gasteiger partial charge < -0.3 is 14.5 Å². The van der Waals surface area contributed by atoms with E-state index in [9.17, 15) is 14.0 Å². The van der Waals surface area contributed by atoms with Crippen LogP contribution in [0.5, 0.6) is 0 Å². The van der Waals surface area contributed by atoms with Crippen molar-refractivity contribution in [2.24, 2.45) is 0 Å². The van der Waals surface area contributed by atoms with Crippen LogP contribution in [-0.2, 0) is 21.5 Å². The maximum Gasteiger partial charge on any atom is 0.409 e. The van der Waals surface area contributed by atoms with Gasteiger partial charge in [0.05, 0.1) is 29.7 Å². The van der Waals surface area contributed by atoms with Gasteiger partial charge in [0.1, 0.15) is 11.2 Å². The van der Waals surface area contributed by atoms with Crippen LogP contribution in [0.1, 0.15) is 31.5 Å². The van der Waals surface area contributed by atoms with Gasteiger partial charge in [-0.2, -0.15) is 0 Å². The number of fused-ring (bicyclic) bond motifs is 3. The molecule has 2 aliphatic rings. The van der Waals surface area contributed by atoms with E-state index in [0.29, 0.717) is 11.1 Å². The Morgan fingerprint density at radius 2 is 1.92 bits per heavy atom. The van der Waals surface area contributed by atoms with Gasteiger partial charge in [-0.1, -0.05) is 44.5 Å². The molecular formula is C28H27FN4O3S. The topological polar surface area (TPSA) is 75.6 Å². The number of likely N-dealkylation sites (tertiary alicyclic amines) is 1. The summed E-state index contributed by atoms with van der Waals surface area (Å²) in [5.74, 6) is -0.395. The number of hydrogen-bond donors (Lipinski definition) is 0. The first-order chi connectivity index (χ1) is 17.9. The molecule has 2 aromatic heterocycles. The van der Waals surface area contributed by atoms with Gasteiger partial charge in [0.25, 0.3) is 0 Å². The Balaban J connectivity index is 0.000000892. The van der Waals surface area contributed by atoms with Crippen LogP contribution in [0.3, 0.4) is 0 Å². The molecule has 0 radical (unpaired) electrons. The Bertz CT molecular complexity index is 1470. The second-order valence-corrected chi connectivity index (χ2v) is 10.1. The van der Waals surface area contributed by atoms with Gasteiger partial charge in [-0.25, -0.2) is 9.18 Å². The predicted molar refractivity (Wildman–Crippen MR) is 142 cm³/mol. The van der Waals surface area contributed by atoms with Crippen LogP contribution in [-0.4, -0.2) is 47.1 Å². The standard InChI is InChI=1S/C25H19FN4O3S.C3H8/c1-33-24(32)29-12-25(13-29)18-4-2-3-5-20(18)30(23(25)31)11-19-22(21-10-27-14-34-21)17-7-6-16(26)8-15(17)9-28-19;1-3-2/h2-10,14H,11-13H2,1H3;3H2,1-2H3. The molecule has 6 rings (SSSR count). The molecule has 2 aromatic carbocycles. The molecule has 1 spiro atoms. The van der Waals surface area contributed by atoms with Gasteiger partial charge in [0.2, 0.25) is 5.91 Å². The molecule has 7 nitrogen and oxygen atoms in total. The summed E-state index contributed by atoms with van der Waals surface area (Å²) in [5, 5.41) is 1.54. The van der Waals surface area contributed by atoms with Crippen LogP contribution in [0.4, 0.5) is 14.9 Å². The van der Waals surface area contributed by atoms with Gasteiger partial charge in [-0.3, -0.25) is 14.8 Å². The number of pyridine rings is 1. The molecule has 0 saturated carbocycles. The molecule has 2 aliphatic heterocycles. The van der Waals surface area contributed by atoms with E-state index in [-0.39, 0.29) is 31.4 Å². The Labute approximate surface area is 218 Å². The largest absolute Gasteiger partial charge is 0.453 e. The maximum absolute atomic E-state index is 13.9. The van der Waals surface area contributed by atoms with Crippen LogP contribution in [0.25, 0.3) is 21.2 Å². The van der Waals surface area contributed by atoms with Crippen molar-refractivity contribution in [2.75, 3.05) is 25.1 Å². The van der Waals surface area contributed by atoms with Gasteiger partial charge in [0, 0.05) is 42.1 Å². The highest BCUT2D eigenvalue weighted by Gasteiger charge is 2.59. The number of rotatable bonds is 3. The number of carbonyl (C=O) groups excluding carboxylic acids is 2. The van der Waals surface area contributed by atoms with E-state index in [0.717, 1.165) is 27.1 Å². The minimum atomic E-state index is -0.782. The molecule has 4 heterocycles. The van der Waals surface area contributed by atoms with Crippen molar-refractivity contribution in [3.05, 3.63) is 77.4 Å². The average Bonchev–Trinajstić information content (AvgIpc) is 3.49. The average molecular weight is 519 g/mol. The third-order valence-electron chi connectivity index (χ3n) is 6.64. The zero-order chi connectivity index (χ0) is 26.2. The zero-order valence-electron chi connectivity index (χ0n) is 20.9. The van der Waals surface area contributed by atoms with Gasteiger partial charge in [-0.15, -0.1) is 11.3 Å². The molecule has 190 valence electrons. The summed E-state index contributed by atoms with van der Waals surface area (Å²) in [4.78, 5) is 38.8. The molecule has 0 atom stereocenters. The lowest BCUT2D eigenvalue weighted by Gasteiger charge is -2.45. The molecule has 0 unspecified atom stereocenters. The summed E-state index contributed by atoms with van der Waals surface area (Å²) in [6.45, 7) is 5.05. The van der Waals surface area contributed by atoms with Crippen molar-refractivity contribution in [1.29, 1.82) is 0 Å². The first-order valence-corrected chi connectivity index (χ1v) is 13.0. The number of methoxy groups -OCH3 is 1. The van der Waals surface area contributed by atoms with Crippen molar-refractivity contribution in [3.8, 4) is 10.4 Å². The number of para-hydroxylation sites is 1. The van der Waals surface area contributed by atoms with Gasteiger partial charge in [0.15, 0.2) is 0 Å². The summed E-state index contributed by atoms with van der Waals surface area (Å²) in [6, 6.07) is 12.3. The van der Waals surface area contributed by atoms with E-state index in [1.54, 1.807) is 28.9 Å². The van der Waals surface area contributed by atoms with E-state index in [1.807, 2.05) is 24.3 Å². The third-order valence-corrected chi connectivity index (χ3v) is 7.43. The molecule has 1 fully saturated rings. The minimum Gasteiger partial charge on any atom is -0.453 e. The van der Waals surface area contributed by atoms with Crippen molar-refractivity contribution < 1.29 is 18.7 Å². The molecule has 4 aromatic rings. The first-order valence-electron chi connectivity index (χ1n) is 12.1. The lowest BCUT2D eigenvalue weighted by Crippen LogP contribution is -2.65. The Kier molecular flexibility index (Phi) is 6.64. The normalized spacial score (nSPS) is 15.3. The lowest BCUT2D eigenvalue weighted by molar-refractivity contribution is -0.128. The fraction of sp³-hybridized carbons (Fsp3) is 0.286. The maximum atomic E-state index is 13.9.